The van der Waals surface area contributed by atoms with Crippen LogP contribution in [0.25, 0.3) is 15.9 Å². The van der Waals surface area contributed by atoms with E-state index in [1.165, 1.54) is 22.2 Å². The number of anilines is 1. The summed E-state index contributed by atoms with van der Waals surface area (Å²) in [6, 6.07) is 10.9. The van der Waals surface area contributed by atoms with Gasteiger partial charge in [0.1, 0.15) is 11.4 Å². The molecule has 0 unspecified atom stereocenters. The molecule has 0 radical (unpaired) electrons. The SMILES string of the molecule is O=C(Cn1cnc2sccc2c1=O)Nc1cccc(-n2cccn2)c1. The highest BCUT2D eigenvalue weighted by molar-refractivity contribution is 7.16. The Morgan fingerprint density at radius 1 is 1.24 bits per heavy atom. The first kappa shape index (κ1) is 15.3. The highest BCUT2D eigenvalue weighted by Crippen LogP contribution is 2.15. The Morgan fingerprint density at radius 3 is 3.00 bits per heavy atom. The van der Waals surface area contributed by atoms with Gasteiger partial charge in [-0.05, 0) is 35.7 Å². The van der Waals surface area contributed by atoms with Crippen molar-refractivity contribution in [2.75, 3.05) is 5.32 Å². The molecule has 3 aromatic heterocycles. The zero-order valence-corrected chi connectivity index (χ0v) is 13.8. The predicted molar refractivity (Wildman–Crippen MR) is 96.1 cm³/mol. The molecular weight excluding hydrogens is 338 g/mol. The molecule has 25 heavy (non-hydrogen) atoms. The Hall–Kier alpha value is -3.26. The summed E-state index contributed by atoms with van der Waals surface area (Å²) in [5.41, 5.74) is 1.25. The number of nitrogens with zero attached hydrogens (tertiary/aromatic N) is 4. The van der Waals surface area contributed by atoms with Crippen LogP contribution in [-0.2, 0) is 11.3 Å². The van der Waals surface area contributed by atoms with Crippen LogP contribution < -0.4 is 10.9 Å². The van der Waals surface area contributed by atoms with Crippen LogP contribution in [-0.4, -0.2) is 25.2 Å². The van der Waals surface area contributed by atoms with Crippen molar-refractivity contribution in [1.29, 1.82) is 0 Å². The van der Waals surface area contributed by atoms with Crippen molar-refractivity contribution in [2.24, 2.45) is 0 Å². The number of carbonyl (C=O) groups excluding carboxylic acids is 1. The predicted octanol–water partition coefficient (Wildman–Crippen LogP) is 2.28. The zero-order chi connectivity index (χ0) is 17.2. The van der Waals surface area contributed by atoms with Gasteiger partial charge < -0.3 is 5.32 Å². The smallest absolute Gasteiger partial charge is 0.262 e. The van der Waals surface area contributed by atoms with Gasteiger partial charge in [0.2, 0.25) is 5.91 Å². The molecule has 0 aliphatic heterocycles. The van der Waals surface area contributed by atoms with Gasteiger partial charge >= 0.3 is 0 Å². The van der Waals surface area contributed by atoms with E-state index >= 15 is 0 Å². The summed E-state index contributed by atoms with van der Waals surface area (Å²) in [5.74, 6) is -0.295. The molecule has 3 heterocycles. The monoisotopic (exact) mass is 351 g/mol. The maximum absolute atomic E-state index is 12.3. The van der Waals surface area contributed by atoms with E-state index in [0.717, 1.165) is 5.69 Å². The second-order valence-corrected chi connectivity index (χ2v) is 6.26. The van der Waals surface area contributed by atoms with Gasteiger partial charge in [-0.2, -0.15) is 5.10 Å². The van der Waals surface area contributed by atoms with Crippen LogP contribution in [0.4, 0.5) is 5.69 Å². The minimum atomic E-state index is -0.295. The van der Waals surface area contributed by atoms with Crippen LogP contribution in [0.15, 0.2) is 65.3 Å². The summed E-state index contributed by atoms with van der Waals surface area (Å²) in [5, 5.41) is 9.30. The number of aromatic nitrogens is 4. The van der Waals surface area contributed by atoms with E-state index in [1.54, 1.807) is 23.0 Å². The van der Waals surface area contributed by atoms with Crippen molar-refractivity contribution >= 4 is 33.1 Å². The molecule has 4 aromatic rings. The standard InChI is InChI=1S/C17H13N5O2S/c23-15(10-21-11-18-16-14(17(21)24)5-8-25-16)20-12-3-1-4-13(9-12)22-7-2-6-19-22/h1-9,11H,10H2,(H,20,23). The first-order chi connectivity index (χ1) is 12.2. The lowest BCUT2D eigenvalue weighted by molar-refractivity contribution is -0.116. The number of carbonyl (C=O) groups is 1. The molecule has 124 valence electrons. The average molecular weight is 351 g/mol. The van der Waals surface area contributed by atoms with Gasteiger partial charge in [-0.15, -0.1) is 11.3 Å². The summed E-state index contributed by atoms with van der Waals surface area (Å²) in [6.45, 7) is -0.0936. The molecule has 0 atom stereocenters. The van der Waals surface area contributed by atoms with Gasteiger partial charge in [-0.1, -0.05) is 6.07 Å². The van der Waals surface area contributed by atoms with E-state index in [-0.39, 0.29) is 18.0 Å². The van der Waals surface area contributed by atoms with Crippen molar-refractivity contribution in [3.8, 4) is 5.69 Å². The molecule has 7 nitrogen and oxygen atoms in total. The number of amides is 1. The molecule has 0 bridgehead atoms. The number of benzene rings is 1. The van der Waals surface area contributed by atoms with Crippen LogP contribution in [0.5, 0.6) is 0 Å². The fourth-order valence-electron chi connectivity index (χ4n) is 2.51. The summed E-state index contributed by atoms with van der Waals surface area (Å²) in [4.78, 5) is 29.5. The number of hydrogen-bond donors (Lipinski definition) is 1. The number of nitrogens with one attached hydrogen (secondary N) is 1. The largest absolute Gasteiger partial charge is 0.324 e. The second kappa shape index (κ2) is 6.33. The van der Waals surface area contributed by atoms with E-state index in [2.05, 4.69) is 15.4 Å². The first-order valence-electron chi connectivity index (χ1n) is 7.53. The van der Waals surface area contributed by atoms with Crippen molar-refractivity contribution in [3.05, 3.63) is 70.9 Å². The van der Waals surface area contributed by atoms with Gasteiger partial charge in [0, 0.05) is 18.1 Å². The highest BCUT2D eigenvalue weighted by Gasteiger charge is 2.09. The zero-order valence-electron chi connectivity index (χ0n) is 13.0. The Morgan fingerprint density at radius 2 is 2.16 bits per heavy atom. The van der Waals surface area contributed by atoms with Gasteiger partial charge in [0.05, 0.1) is 17.4 Å². The van der Waals surface area contributed by atoms with Crippen molar-refractivity contribution < 1.29 is 4.79 Å². The molecule has 0 saturated carbocycles. The summed E-state index contributed by atoms with van der Waals surface area (Å²) in [7, 11) is 0. The van der Waals surface area contributed by atoms with E-state index in [0.29, 0.717) is 15.9 Å². The quantitative estimate of drug-likeness (QED) is 0.611. The maximum Gasteiger partial charge on any atom is 0.262 e. The second-order valence-electron chi connectivity index (χ2n) is 5.37. The molecule has 0 fully saturated rings. The summed E-state index contributed by atoms with van der Waals surface area (Å²) < 4.78 is 3.01. The minimum absolute atomic E-state index is 0.0936. The maximum atomic E-state index is 12.3. The molecule has 1 aromatic carbocycles. The van der Waals surface area contributed by atoms with Crippen molar-refractivity contribution in [1.82, 2.24) is 19.3 Å². The Balaban J connectivity index is 1.53. The lowest BCUT2D eigenvalue weighted by Gasteiger charge is -2.09. The third-order valence-corrected chi connectivity index (χ3v) is 4.48. The van der Waals surface area contributed by atoms with Gasteiger partial charge in [0.15, 0.2) is 0 Å². The fraction of sp³-hybridized carbons (Fsp3) is 0.0588. The molecule has 0 aliphatic rings. The number of fused-ring (bicyclic) bond motifs is 1. The first-order valence-corrected chi connectivity index (χ1v) is 8.41. The van der Waals surface area contributed by atoms with Gasteiger partial charge in [0.25, 0.3) is 5.56 Å². The average Bonchev–Trinajstić information content (AvgIpc) is 3.29. The molecule has 0 saturated heterocycles. The molecule has 1 N–H and O–H groups in total. The molecule has 4 rings (SSSR count). The van der Waals surface area contributed by atoms with Gasteiger partial charge in [-0.25, -0.2) is 9.67 Å². The summed E-state index contributed by atoms with van der Waals surface area (Å²) >= 11 is 1.40. The molecule has 1 amide bonds. The number of thiophene rings is 1. The van der Waals surface area contributed by atoms with E-state index in [1.807, 2.05) is 35.8 Å². The normalized spacial score (nSPS) is 10.9. The third-order valence-electron chi connectivity index (χ3n) is 3.66. The van der Waals surface area contributed by atoms with Crippen LogP contribution in [0.1, 0.15) is 0 Å². The Bertz CT molecular complexity index is 1100. The van der Waals surface area contributed by atoms with E-state index in [9.17, 15) is 9.59 Å². The lowest BCUT2D eigenvalue weighted by atomic mass is 10.2. The topological polar surface area (TPSA) is 81.8 Å². The Kier molecular flexibility index (Phi) is 3.87. The highest BCUT2D eigenvalue weighted by atomic mass is 32.1. The van der Waals surface area contributed by atoms with E-state index in [4.69, 9.17) is 0 Å². The van der Waals surface area contributed by atoms with Gasteiger partial charge in [-0.3, -0.25) is 14.2 Å². The molecule has 0 aliphatic carbocycles. The fourth-order valence-corrected chi connectivity index (χ4v) is 3.23. The van der Waals surface area contributed by atoms with Crippen molar-refractivity contribution in [2.45, 2.75) is 6.54 Å². The number of hydrogen-bond acceptors (Lipinski definition) is 5. The third kappa shape index (κ3) is 3.07. The number of rotatable bonds is 4. The minimum Gasteiger partial charge on any atom is -0.324 e. The molecular formula is C17H13N5O2S. The van der Waals surface area contributed by atoms with Crippen LogP contribution in [0, 0.1) is 0 Å². The van der Waals surface area contributed by atoms with E-state index < -0.39 is 0 Å². The van der Waals surface area contributed by atoms with Crippen LogP contribution in [0.3, 0.4) is 0 Å². The van der Waals surface area contributed by atoms with Crippen molar-refractivity contribution in [3.63, 3.8) is 0 Å². The Labute approximate surface area is 146 Å². The molecule has 8 heteroatoms. The summed E-state index contributed by atoms with van der Waals surface area (Å²) in [6.07, 6.45) is 4.91. The van der Waals surface area contributed by atoms with Crippen LogP contribution in [0.2, 0.25) is 0 Å². The lowest BCUT2D eigenvalue weighted by Crippen LogP contribution is -2.27. The van der Waals surface area contributed by atoms with Crippen LogP contribution >= 0.6 is 11.3 Å². The molecule has 0 spiro atoms.